The normalized spacial score (nSPS) is 26.2. The standard InChI is InChI=1S/C19H18F2N4O5/c1-9-2-3-30-14-8-24-7-11(16(26)17(27)15(24)19(29)25(9)14)18(28)23-4-10-12(20)5-22-6-13(10)21/h5-7,9,14-15H,2-4,8H2,1H3,(H,23,28)/t9-,14+,15?/m1/s1. The molecule has 2 saturated heterocycles. The first-order chi connectivity index (χ1) is 14.3. The maximum absolute atomic E-state index is 13.7. The second-order valence-electron chi connectivity index (χ2n) is 7.31. The third-order valence-electron chi connectivity index (χ3n) is 5.45. The van der Waals surface area contributed by atoms with Crippen LogP contribution in [-0.2, 0) is 30.5 Å². The van der Waals surface area contributed by atoms with Crippen LogP contribution in [0.4, 0.5) is 8.78 Å². The smallest absolute Gasteiger partial charge is 0.257 e. The monoisotopic (exact) mass is 420 g/mol. The van der Waals surface area contributed by atoms with E-state index < -0.39 is 65.0 Å². The number of aromatic nitrogens is 1. The minimum absolute atomic E-state index is 0.115. The zero-order chi connectivity index (χ0) is 21.6. The van der Waals surface area contributed by atoms with Crippen LogP contribution in [0.5, 0.6) is 0 Å². The van der Waals surface area contributed by atoms with Crippen LogP contribution >= 0.6 is 0 Å². The molecule has 158 valence electrons. The molecule has 1 N–H and O–H groups in total. The lowest BCUT2D eigenvalue weighted by Gasteiger charge is -2.49. The highest BCUT2D eigenvalue weighted by Crippen LogP contribution is 2.29. The van der Waals surface area contributed by atoms with Crippen molar-refractivity contribution in [2.45, 2.75) is 38.2 Å². The van der Waals surface area contributed by atoms with E-state index in [1.807, 2.05) is 6.92 Å². The van der Waals surface area contributed by atoms with E-state index >= 15 is 0 Å². The van der Waals surface area contributed by atoms with Gasteiger partial charge in [0, 0.05) is 24.4 Å². The molecule has 2 fully saturated rings. The van der Waals surface area contributed by atoms with Crippen molar-refractivity contribution in [3.63, 3.8) is 0 Å². The summed E-state index contributed by atoms with van der Waals surface area (Å²) in [7, 11) is 0. The molecule has 11 heteroatoms. The van der Waals surface area contributed by atoms with E-state index in [4.69, 9.17) is 4.74 Å². The quantitative estimate of drug-likeness (QED) is 0.405. The van der Waals surface area contributed by atoms with E-state index in [0.717, 1.165) is 18.6 Å². The summed E-state index contributed by atoms with van der Waals surface area (Å²) in [5.74, 6) is -5.59. The number of fused-ring (bicyclic) bond motifs is 2. The van der Waals surface area contributed by atoms with Crippen molar-refractivity contribution < 1.29 is 32.7 Å². The lowest BCUT2D eigenvalue weighted by Crippen LogP contribution is -2.69. The van der Waals surface area contributed by atoms with E-state index in [1.165, 1.54) is 9.80 Å². The number of pyridine rings is 1. The molecule has 1 aromatic rings. The van der Waals surface area contributed by atoms with Crippen molar-refractivity contribution in [1.82, 2.24) is 20.1 Å². The number of nitrogens with zero attached hydrogens (tertiary/aromatic N) is 3. The molecule has 0 aromatic carbocycles. The SMILES string of the molecule is C[C@@H]1CCO[C@H]2CN3C=C(C(=O)NCc4c(F)cncc4F)C(=O)C(=O)C3C(=O)N12. The largest absolute Gasteiger partial charge is 0.356 e. The van der Waals surface area contributed by atoms with Crippen molar-refractivity contribution in [3.8, 4) is 0 Å². The average Bonchev–Trinajstić information content (AvgIpc) is 2.70. The lowest BCUT2D eigenvalue weighted by molar-refractivity contribution is -0.185. The Morgan fingerprint density at radius 2 is 1.97 bits per heavy atom. The molecule has 4 rings (SSSR count). The second-order valence-corrected chi connectivity index (χ2v) is 7.31. The summed E-state index contributed by atoms with van der Waals surface area (Å²) >= 11 is 0. The van der Waals surface area contributed by atoms with Crippen molar-refractivity contribution in [2.75, 3.05) is 13.2 Å². The highest BCUT2D eigenvalue weighted by molar-refractivity contribution is 6.53. The first kappa shape index (κ1) is 20.1. The average molecular weight is 420 g/mol. The van der Waals surface area contributed by atoms with Crippen LogP contribution in [0.1, 0.15) is 18.9 Å². The molecule has 1 aromatic heterocycles. The van der Waals surface area contributed by atoms with E-state index in [2.05, 4.69) is 10.3 Å². The van der Waals surface area contributed by atoms with Crippen LogP contribution in [0.25, 0.3) is 0 Å². The summed E-state index contributed by atoms with van der Waals surface area (Å²) in [6.07, 6.45) is 2.74. The molecular weight excluding hydrogens is 402 g/mol. The number of carbonyl (C=O) groups is 4. The Balaban J connectivity index is 1.56. The van der Waals surface area contributed by atoms with Crippen molar-refractivity contribution in [1.29, 1.82) is 0 Å². The van der Waals surface area contributed by atoms with E-state index in [-0.39, 0.29) is 12.6 Å². The number of nitrogens with one attached hydrogen (secondary N) is 1. The summed E-state index contributed by atoms with van der Waals surface area (Å²) < 4.78 is 33.0. The number of carbonyl (C=O) groups excluding carboxylic acids is 4. The van der Waals surface area contributed by atoms with Crippen molar-refractivity contribution >= 4 is 23.4 Å². The number of halogens is 2. The summed E-state index contributed by atoms with van der Waals surface area (Å²) in [5, 5.41) is 2.23. The summed E-state index contributed by atoms with van der Waals surface area (Å²) in [5.41, 5.74) is -0.934. The van der Waals surface area contributed by atoms with Gasteiger partial charge in [0.1, 0.15) is 23.4 Å². The lowest BCUT2D eigenvalue weighted by atomic mass is 9.92. The van der Waals surface area contributed by atoms with Gasteiger partial charge < -0.3 is 19.9 Å². The van der Waals surface area contributed by atoms with Crippen LogP contribution in [0.15, 0.2) is 24.2 Å². The van der Waals surface area contributed by atoms with Gasteiger partial charge in [0.25, 0.3) is 11.8 Å². The number of amides is 2. The Morgan fingerprint density at radius 1 is 1.27 bits per heavy atom. The fraction of sp³-hybridized carbons (Fsp3) is 0.421. The van der Waals surface area contributed by atoms with Crippen LogP contribution < -0.4 is 5.32 Å². The molecule has 4 heterocycles. The van der Waals surface area contributed by atoms with Gasteiger partial charge in [-0.05, 0) is 13.3 Å². The van der Waals surface area contributed by atoms with Crippen LogP contribution in [-0.4, -0.2) is 69.6 Å². The molecule has 0 saturated carbocycles. The molecule has 0 spiro atoms. The van der Waals surface area contributed by atoms with E-state index in [1.54, 1.807) is 0 Å². The molecule has 0 aliphatic carbocycles. The van der Waals surface area contributed by atoms with Gasteiger partial charge in [0.2, 0.25) is 11.6 Å². The first-order valence-electron chi connectivity index (χ1n) is 9.35. The van der Waals surface area contributed by atoms with Gasteiger partial charge >= 0.3 is 0 Å². The number of ketones is 2. The number of Topliss-reactive ketones (excluding diaryl/α,β-unsaturated/α-hetero) is 2. The number of piperazine rings is 1. The predicted molar refractivity (Wildman–Crippen MR) is 95.3 cm³/mol. The van der Waals surface area contributed by atoms with Gasteiger partial charge in [-0.3, -0.25) is 24.2 Å². The van der Waals surface area contributed by atoms with Gasteiger partial charge in [0.15, 0.2) is 6.04 Å². The molecule has 2 amide bonds. The second kappa shape index (κ2) is 7.56. The number of ether oxygens (including phenoxy) is 1. The Morgan fingerprint density at radius 3 is 2.67 bits per heavy atom. The molecule has 1 unspecified atom stereocenters. The minimum atomic E-state index is -1.34. The summed E-state index contributed by atoms with van der Waals surface area (Å²) in [4.78, 5) is 56.5. The zero-order valence-corrected chi connectivity index (χ0v) is 15.9. The fourth-order valence-corrected chi connectivity index (χ4v) is 3.85. The van der Waals surface area contributed by atoms with E-state index in [0.29, 0.717) is 13.0 Å². The van der Waals surface area contributed by atoms with Gasteiger partial charge in [0.05, 0.1) is 25.5 Å². The van der Waals surface area contributed by atoms with Gasteiger partial charge in [-0.15, -0.1) is 0 Å². The molecule has 3 aliphatic heterocycles. The predicted octanol–water partition coefficient (Wildman–Crippen LogP) is -0.341. The van der Waals surface area contributed by atoms with Gasteiger partial charge in [-0.1, -0.05) is 0 Å². The molecule has 0 radical (unpaired) electrons. The Kier molecular flexibility index (Phi) is 5.06. The Hall–Kier alpha value is -3.21. The van der Waals surface area contributed by atoms with Crippen LogP contribution in [0.2, 0.25) is 0 Å². The zero-order valence-electron chi connectivity index (χ0n) is 15.9. The Bertz CT molecular complexity index is 961. The maximum Gasteiger partial charge on any atom is 0.257 e. The maximum atomic E-state index is 13.7. The number of hydrogen-bond acceptors (Lipinski definition) is 7. The van der Waals surface area contributed by atoms with Gasteiger partial charge in [-0.25, -0.2) is 8.78 Å². The molecule has 3 aliphatic rings. The summed E-state index contributed by atoms with van der Waals surface area (Å²) in [6.45, 7) is 1.85. The molecular formula is C19H18F2N4O5. The third-order valence-corrected chi connectivity index (χ3v) is 5.45. The highest BCUT2D eigenvalue weighted by Gasteiger charge is 2.51. The van der Waals surface area contributed by atoms with E-state index in [9.17, 15) is 28.0 Å². The number of rotatable bonds is 3. The molecule has 30 heavy (non-hydrogen) atoms. The highest BCUT2D eigenvalue weighted by atomic mass is 19.1. The number of hydrogen-bond donors (Lipinski definition) is 1. The van der Waals surface area contributed by atoms with Crippen molar-refractivity contribution in [3.05, 3.63) is 41.4 Å². The molecule has 0 bridgehead atoms. The topological polar surface area (TPSA) is 109 Å². The minimum Gasteiger partial charge on any atom is -0.356 e. The first-order valence-corrected chi connectivity index (χ1v) is 9.35. The molecule has 3 atom stereocenters. The van der Waals surface area contributed by atoms with Crippen molar-refractivity contribution in [2.24, 2.45) is 0 Å². The fourth-order valence-electron chi connectivity index (χ4n) is 3.85. The van der Waals surface area contributed by atoms with Gasteiger partial charge in [-0.2, -0.15) is 0 Å². The molecule has 9 nitrogen and oxygen atoms in total. The third kappa shape index (κ3) is 3.24. The summed E-state index contributed by atoms with van der Waals surface area (Å²) in [6, 6.07) is -1.48. The Labute approximate surface area is 169 Å². The van der Waals surface area contributed by atoms with Crippen LogP contribution in [0.3, 0.4) is 0 Å². The van der Waals surface area contributed by atoms with Crippen LogP contribution in [0, 0.1) is 11.6 Å².